The lowest BCUT2D eigenvalue weighted by atomic mass is 10.1. The van der Waals surface area contributed by atoms with Crippen LogP contribution in [0, 0.1) is 6.92 Å². The summed E-state index contributed by atoms with van der Waals surface area (Å²) >= 11 is 0. The van der Waals surface area contributed by atoms with Gasteiger partial charge in [-0.05, 0) is 48.7 Å². The number of fused-ring (bicyclic) bond motifs is 1. The molecule has 0 aliphatic rings. The van der Waals surface area contributed by atoms with Gasteiger partial charge in [-0.1, -0.05) is 18.2 Å². The zero-order chi connectivity index (χ0) is 17.2. The van der Waals surface area contributed by atoms with Crippen LogP contribution in [0.3, 0.4) is 0 Å². The molecule has 0 spiro atoms. The van der Waals surface area contributed by atoms with Crippen LogP contribution in [-0.4, -0.2) is 14.5 Å². The number of benzene rings is 1. The highest BCUT2D eigenvalue weighted by molar-refractivity contribution is 5.93. The van der Waals surface area contributed by atoms with Crippen LogP contribution in [-0.2, 0) is 0 Å². The fraction of sp³-hybridized carbons (Fsp3) is 0.0500. The fourth-order valence-electron chi connectivity index (χ4n) is 2.95. The molecule has 0 aliphatic heterocycles. The van der Waals surface area contributed by atoms with Crippen molar-refractivity contribution in [2.45, 2.75) is 6.92 Å². The molecular weight excluding hydrogens is 312 g/mol. The van der Waals surface area contributed by atoms with E-state index in [2.05, 4.69) is 15.3 Å². The van der Waals surface area contributed by atoms with Gasteiger partial charge in [-0.15, -0.1) is 0 Å². The third kappa shape index (κ3) is 2.76. The van der Waals surface area contributed by atoms with E-state index in [9.17, 15) is 4.79 Å². The highest BCUT2D eigenvalue weighted by atomic mass is 16.1. The monoisotopic (exact) mass is 328 g/mol. The summed E-state index contributed by atoms with van der Waals surface area (Å²) in [6.45, 7) is 1.93. The van der Waals surface area contributed by atoms with Crippen LogP contribution in [0.4, 0.5) is 11.5 Å². The summed E-state index contributed by atoms with van der Waals surface area (Å²) in [5.74, 6) is 0.528. The van der Waals surface area contributed by atoms with Crippen molar-refractivity contribution in [1.82, 2.24) is 14.5 Å². The van der Waals surface area contributed by atoms with Crippen molar-refractivity contribution in [3.8, 4) is 5.69 Å². The van der Waals surface area contributed by atoms with Crippen molar-refractivity contribution >= 4 is 22.3 Å². The lowest BCUT2D eigenvalue weighted by Crippen LogP contribution is -2.21. The van der Waals surface area contributed by atoms with Gasteiger partial charge in [0.25, 0.3) is 5.56 Å². The maximum atomic E-state index is 13.2. The minimum Gasteiger partial charge on any atom is -0.338 e. The van der Waals surface area contributed by atoms with Crippen LogP contribution in [0.25, 0.3) is 16.5 Å². The predicted octanol–water partition coefficient (Wildman–Crippen LogP) is 3.83. The maximum absolute atomic E-state index is 13.2. The van der Waals surface area contributed by atoms with Crippen molar-refractivity contribution in [3.63, 3.8) is 0 Å². The summed E-state index contributed by atoms with van der Waals surface area (Å²) < 4.78 is 1.71. The molecular formula is C20H16N4O. The molecule has 4 aromatic rings. The summed E-state index contributed by atoms with van der Waals surface area (Å²) in [5.41, 5.74) is 2.40. The average molecular weight is 328 g/mol. The average Bonchev–Trinajstić information content (AvgIpc) is 2.63. The third-order valence-corrected chi connectivity index (χ3v) is 4.06. The van der Waals surface area contributed by atoms with E-state index in [1.807, 2.05) is 61.5 Å². The molecule has 0 saturated carbocycles. The van der Waals surface area contributed by atoms with Gasteiger partial charge in [-0.3, -0.25) is 14.3 Å². The van der Waals surface area contributed by atoms with E-state index in [0.29, 0.717) is 11.2 Å². The van der Waals surface area contributed by atoms with Crippen molar-refractivity contribution < 1.29 is 0 Å². The number of para-hydroxylation sites is 1. The van der Waals surface area contributed by atoms with Crippen LogP contribution in [0.5, 0.6) is 0 Å². The molecule has 5 heteroatoms. The quantitative estimate of drug-likeness (QED) is 0.621. The largest absolute Gasteiger partial charge is 0.338 e. The van der Waals surface area contributed by atoms with Crippen molar-refractivity contribution in [2.75, 3.05) is 5.32 Å². The molecule has 0 bridgehead atoms. The zero-order valence-corrected chi connectivity index (χ0v) is 13.7. The standard InChI is InChI=1S/C20H16N4O/c1-14-12-15-9-11-22-19(23-16-6-5-10-21-13-16)18(15)20(25)24(14)17-7-3-2-4-8-17/h2-13H,1H3,(H,22,23). The van der Waals surface area contributed by atoms with Crippen LogP contribution >= 0.6 is 0 Å². The summed E-state index contributed by atoms with van der Waals surface area (Å²) in [6, 6.07) is 17.2. The molecule has 0 atom stereocenters. The SMILES string of the molecule is Cc1cc2ccnc(Nc3cccnc3)c2c(=O)n1-c1ccccc1. The van der Waals surface area contributed by atoms with Crippen LogP contribution in [0.2, 0.25) is 0 Å². The molecule has 4 rings (SSSR count). The van der Waals surface area contributed by atoms with Gasteiger partial charge in [0.2, 0.25) is 0 Å². The maximum Gasteiger partial charge on any atom is 0.266 e. The Morgan fingerprint density at radius 3 is 2.60 bits per heavy atom. The Hall–Kier alpha value is -3.47. The molecule has 1 aromatic carbocycles. The van der Waals surface area contributed by atoms with E-state index in [-0.39, 0.29) is 5.56 Å². The molecule has 3 heterocycles. The number of nitrogens with zero attached hydrogens (tertiary/aromatic N) is 3. The first-order valence-electron chi connectivity index (χ1n) is 7.98. The topological polar surface area (TPSA) is 59.8 Å². The number of rotatable bonds is 3. The van der Waals surface area contributed by atoms with Crippen LogP contribution < -0.4 is 10.9 Å². The Bertz CT molecular complexity index is 1090. The summed E-state index contributed by atoms with van der Waals surface area (Å²) in [6.07, 6.45) is 5.10. The zero-order valence-electron chi connectivity index (χ0n) is 13.7. The lowest BCUT2D eigenvalue weighted by Gasteiger charge is -2.14. The number of hydrogen-bond donors (Lipinski definition) is 1. The Kier molecular flexibility index (Phi) is 3.74. The van der Waals surface area contributed by atoms with E-state index >= 15 is 0 Å². The fourth-order valence-corrected chi connectivity index (χ4v) is 2.95. The Morgan fingerprint density at radius 2 is 1.84 bits per heavy atom. The summed E-state index contributed by atoms with van der Waals surface area (Å²) in [4.78, 5) is 21.7. The van der Waals surface area contributed by atoms with Gasteiger partial charge in [-0.25, -0.2) is 4.98 Å². The smallest absolute Gasteiger partial charge is 0.266 e. The molecule has 0 unspecified atom stereocenters. The number of nitrogens with one attached hydrogen (secondary N) is 1. The third-order valence-electron chi connectivity index (χ3n) is 4.06. The van der Waals surface area contributed by atoms with E-state index in [1.165, 1.54) is 0 Å². The molecule has 1 N–H and O–H groups in total. The number of hydrogen-bond acceptors (Lipinski definition) is 4. The summed E-state index contributed by atoms with van der Waals surface area (Å²) in [7, 11) is 0. The highest BCUT2D eigenvalue weighted by Gasteiger charge is 2.13. The second kappa shape index (κ2) is 6.20. The molecule has 0 aliphatic carbocycles. The summed E-state index contributed by atoms with van der Waals surface area (Å²) in [5, 5.41) is 4.61. The van der Waals surface area contributed by atoms with Gasteiger partial charge >= 0.3 is 0 Å². The molecule has 0 saturated heterocycles. The van der Waals surface area contributed by atoms with E-state index in [0.717, 1.165) is 22.5 Å². The minimum atomic E-state index is -0.0966. The molecule has 0 radical (unpaired) electrons. The molecule has 3 aromatic heterocycles. The van der Waals surface area contributed by atoms with Crippen LogP contribution in [0.15, 0.2) is 78.0 Å². The second-order valence-electron chi connectivity index (χ2n) is 5.75. The minimum absolute atomic E-state index is 0.0966. The number of pyridine rings is 3. The van der Waals surface area contributed by atoms with Crippen LogP contribution in [0.1, 0.15) is 5.69 Å². The van der Waals surface area contributed by atoms with E-state index < -0.39 is 0 Å². The van der Waals surface area contributed by atoms with Gasteiger partial charge in [0.1, 0.15) is 5.82 Å². The molecule has 0 fully saturated rings. The van der Waals surface area contributed by atoms with Crippen molar-refractivity contribution in [3.05, 3.63) is 89.2 Å². The van der Waals surface area contributed by atoms with Gasteiger partial charge in [0.05, 0.1) is 17.3 Å². The first-order chi connectivity index (χ1) is 12.2. The first kappa shape index (κ1) is 15.1. The molecule has 0 amide bonds. The Morgan fingerprint density at radius 1 is 1.00 bits per heavy atom. The molecule has 5 nitrogen and oxygen atoms in total. The molecule has 122 valence electrons. The van der Waals surface area contributed by atoms with Gasteiger partial charge in [0, 0.05) is 23.8 Å². The Labute approximate surface area is 144 Å². The second-order valence-corrected chi connectivity index (χ2v) is 5.75. The van der Waals surface area contributed by atoms with E-state index in [4.69, 9.17) is 0 Å². The van der Waals surface area contributed by atoms with Gasteiger partial charge in [-0.2, -0.15) is 0 Å². The van der Waals surface area contributed by atoms with Gasteiger partial charge in [0.15, 0.2) is 0 Å². The first-order valence-corrected chi connectivity index (χ1v) is 7.98. The highest BCUT2D eigenvalue weighted by Crippen LogP contribution is 2.23. The number of anilines is 2. The Balaban J connectivity index is 1.96. The number of aromatic nitrogens is 3. The predicted molar refractivity (Wildman–Crippen MR) is 99.6 cm³/mol. The molecule has 25 heavy (non-hydrogen) atoms. The lowest BCUT2D eigenvalue weighted by molar-refractivity contribution is 0.950. The van der Waals surface area contributed by atoms with Crippen molar-refractivity contribution in [2.24, 2.45) is 0 Å². The number of aryl methyl sites for hydroxylation is 1. The normalized spacial score (nSPS) is 10.8. The van der Waals surface area contributed by atoms with Gasteiger partial charge < -0.3 is 5.32 Å². The van der Waals surface area contributed by atoms with E-state index in [1.54, 1.807) is 23.2 Å². The van der Waals surface area contributed by atoms with Crippen molar-refractivity contribution in [1.29, 1.82) is 0 Å².